The standard InChI is InChI=1S/C41H72NO11P/c1-3-5-7-8-9-10-11-12-13-14-15-20-24-30-41(47)53-37(35-52-54(48,49)51-33-32-42)34-50-40(46)31-25-29-39(45)38(44)28-23-19-17-16-18-22-27-36(43)26-21-6-4-2/h10-11,16-19,22-23,27-28,36-39,43-45H,3-9,12-15,20-21,24-26,29-35,42H2,1-2H3,(H,48,49)/b11-10-,18-16-,19-17+,27-22+,28-23+/t36-,37-,38-,39-/m1/s1. The highest BCUT2D eigenvalue weighted by molar-refractivity contribution is 7.47. The van der Waals surface area contributed by atoms with Gasteiger partial charge in [0.1, 0.15) is 6.61 Å². The maximum absolute atomic E-state index is 12.5. The number of unbranched alkanes of at least 4 members (excludes halogenated alkanes) is 11. The second-order valence-corrected chi connectivity index (χ2v) is 14.8. The Kier molecular flexibility index (Phi) is 34.6. The fourth-order valence-corrected chi connectivity index (χ4v) is 5.83. The summed E-state index contributed by atoms with van der Waals surface area (Å²) in [7, 11) is -4.46. The molecule has 0 aromatic rings. The molecule has 13 heteroatoms. The number of hydrogen-bond acceptors (Lipinski definition) is 11. The van der Waals surface area contributed by atoms with Crippen LogP contribution in [0.3, 0.4) is 0 Å². The van der Waals surface area contributed by atoms with Gasteiger partial charge in [-0.2, -0.15) is 0 Å². The quantitative estimate of drug-likeness (QED) is 0.0136. The molecule has 5 atom stereocenters. The zero-order valence-corrected chi connectivity index (χ0v) is 33.9. The van der Waals surface area contributed by atoms with E-state index in [-0.39, 0.29) is 38.8 Å². The Morgan fingerprint density at radius 1 is 0.667 bits per heavy atom. The van der Waals surface area contributed by atoms with E-state index in [2.05, 4.69) is 26.0 Å². The molecule has 0 aliphatic rings. The highest BCUT2D eigenvalue weighted by Crippen LogP contribution is 2.43. The van der Waals surface area contributed by atoms with Crippen molar-refractivity contribution in [3.63, 3.8) is 0 Å². The van der Waals surface area contributed by atoms with Crippen molar-refractivity contribution in [3.05, 3.63) is 60.8 Å². The predicted molar refractivity (Wildman–Crippen MR) is 214 cm³/mol. The number of phosphoric ester groups is 1. The zero-order valence-electron chi connectivity index (χ0n) is 33.0. The van der Waals surface area contributed by atoms with Crippen molar-refractivity contribution in [2.45, 2.75) is 160 Å². The van der Waals surface area contributed by atoms with Gasteiger partial charge in [0.05, 0.1) is 31.5 Å². The van der Waals surface area contributed by atoms with Crippen LogP contribution >= 0.6 is 7.82 Å². The van der Waals surface area contributed by atoms with Crippen molar-refractivity contribution in [1.82, 2.24) is 0 Å². The Bertz CT molecular complexity index is 1120. The Morgan fingerprint density at radius 2 is 1.24 bits per heavy atom. The molecule has 0 saturated heterocycles. The summed E-state index contributed by atoms with van der Waals surface area (Å²) in [5.74, 6) is -1.18. The van der Waals surface area contributed by atoms with Crippen molar-refractivity contribution in [2.24, 2.45) is 5.73 Å². The van der Waals surface area contributed by atoms with Gasteiger partial charge in [-0.05, 0) is 51.4 Å². The monoisotopic (exact) mass is 785 g/mol. The molecule has 0 amide bonds. The third kappa shape index (κ3) is 34.1. The van der Waals surface area contributed by atoms with Crippen LogP contribution in [0.15, 0.2) is 60.8 Å². The van der Waals surface area contributed by atoms with Crippen LogP contribution in [-0.2, 0) is 32.7 Å². The summed E-state index contributed by atoms with van der Waals surface area (Å²) in [5.41, 5.74) is 5.31. The molecule has 0 aliphatic heterocycles. The fraction of sp³-hybridized carbons (Fsp3) is 0.707. The highest BCUT2D eigenvalue weighted by atomic mass is 31.2. The van der Waals surface area contributed by atoms with Crippen LogP contribution in [0, 0.1) is 0 Å². The van der Waals surface area contributed by atoms with Gasteiger partial charge in [0.15, 0.2) is 6.10 Å². The number of esters is 2. The minimum atomic E-state index is -4.46. The summed E-state index contributed by atoms with van der Waals surface area (Å²) in [6, 6.07) is 0. The van der Waals surface area contributed by atoms with Crippen molar-refractivity contribution in [2.75, 3.05) is 26.4 Å². The topological polar surface area (TPSA) is 195 Å². The van der Waals surface area contributed by atoms with Gasteiger partial charge >= 0.3 is 19.8 Å². The molecule has 312 valence electrons. The summed E-state index contributed by atoms with van der Waals surface area (Å²) >= 11 is 0. The number of ether oxygens (including phenoxy) is 2. The van der Waals surface area contributed by atoms with Crippen molar-refractivity contribution in [3.8, 4) is 0 Å². The van der Waals surface area contributed by atoms with Crippen LogP contribution in [0.2, 0.25) is 0 Å². The van der Waals surface area contributed by atoms with Gasteiger partial charge in [-0.25, -0.2) is 4.57 Å². The van der Waals surface area contributed by atoms with Gasteiger partial charge in [-0.15, -0.1) is 0 Å². The van der Waals surface area contributed by atoms with Gasteiger partial charge < -0.3 is 35.4 Å². The molecule has 0 fully saturated rings. The van der Waals surface area contributed by atoms with E-state index in [1.54, 1.807) is 42.5 Å². The number of aliphatic hydroxyl groups is 3. The van der Waals surface area contributed by atoms with E-state index in [1.165, 1.54) is 31.8 Å². The number of hydrogen-bond donors (Lipinski definition) is 5. The molecule has 0 heterocycles. The van der Waals surface area contributed by atoms with E-state index in [0.717, 1.165) is 64.2 Å². The summed E-state index contributed by atoms with van der Waals surface area (Å²) in [5, 5.41) is 30.4. The maximum atomic E-state index is 12.5. The van der Waals surface area contributed by atoms with E-state index < -0.39 is 57.4 Å². The molecule has 0 bridgehead atoms. The molecule has 12 nitrogen and oxygen atoms in total. The average molecular weight is 786 g/mol. The second kappa shape index (κ2) is 36.2. The predicted octanol–water partition coefficient (Wildman–Crippen LogP) is 7.85. The Labute approximate surface area is 325 Å². The minimum absolute atomic E-state index is 0.000855. The van der Waals surface area contributed by atoms with Crippen LogP contribution in [0.4, 0.5) is 0 Å². The molecule has 0 aromatic heterocycles. The van der Waals surface area contributed by atoms with E-state index in [9.17, 15) is 34.4 Å². The normalized spacial score (nSPS) is 15.8. The first-order chi connectivity index (χ1) is 26.0. The highest BCUT2D eigenvalue weighted by Gasteiger charge is 2.26. The summed E-state index contributed by atoms with van der Waals surface area (Å²) in [6.45, 7) is 3.18. The molecule has 54 heavy (non-hydrogen) atoms. The Hall–Kier alpha value is -2.41. The van der Waals surface area contributed by atoms with Crippen LogP contribution < -0.4 is 5.73 Å². The summed E-state index contributed by atoms with van der Waals surface area (Å²) in [4.78, 5) is 34.8. The number of aliphatic hydroxyl groups excluding tert-OH is 3. The SMILES string of the molecule is CCCCCC/C=C\CCCCCCCC(=O)O[C@H](COC(=O)CCC[C@@H](O)[C@H](O)/C=C/C=C/C=C\C=C\[C@H](O)CCCCC)COP(=O)(O)OCCN. The molecule has 0 spiro atoms. The number of nitrogens with two attached hydrogens (primary N) is 1. The van der Waals surface area contributed by atoms with Crippen molar-refractivity contribution < 1.29 is 52.9 Å². The molecule has 0 aliphatic carbocycles. The van der Waals surface area contributed by atoms with Crippen molar-refractivity contribution >= 4 is 19.8 Å². The van der Waals surface area contributed by atoms with Crippen LogP contribution in [0.1, 0.15) is 136 Å². The van der Waals surface area contributed by atoms with Gasteiger partial charge in [0, 0.05) is 19.4 Å². The third-order valence-corrected chi connectivity index (χ3v) is 9.23. The van der Waals surface area contributed by atoms with E-state index in [4.69, 9.17) is 24.3 Å². The number of carbonyl (C=O) groups excluding carboxylic acids is 2. The van der Waals surface area contributed by atoms with Gasteiger partial charge in [0.25, 0.3) is 0 Å². The lowest BCUT2D eigenvalue weighted by atomic mass is 10.1. The average Bonchev–Trinajstić information content (AvgIpc) is 3.14. The first kappa shape index (κ1) is 51.6. The number of phosphoric acid groups is 1. The molecule has 0 radical (unpaired) electrons. The van der Waals surface area contributed by atoms with E-state index in [0.29, 0.717) is 6.42 Å². The largest absolute Gasteiger partial charge is 0.472 e. The van der Waals surface area contributed by atoms with Gasteiger partial charge in [-0.3, -0.25) is 18.6 Å². The molecular weight excluding hydrogens is 713 g/mol. The molecule has 0 saturated carbocycles. The first-order valence-electron chi connectivity index (χ1n) is 20.1. The minimum Gasteiger partial charge on any atom is -0.462 e. The lowest BCUT2D eigenvalue weighted by Crippen LogP contribution is -2.30. The maximum Gasteiger partial charge on any atom is 0.472 e. The van der Waals surface area contributed by atoms with Crippen LogP contribution in [0.25, 0.3) is 0 Å². The summed E-state index contributed by atoms with van der Waals surface area (Å²) in [6.07, 6.45) is 30.5. The molecule has 0 aromatic carbocycles. The number of carbonyl (C=O) groups is 2. The van der Waals surface area contributed by atoms with Crippen LogP contribution in [0.5, 0.6) is 0 Å². The van der Waals surface area contributed by atoms with E-state index >= 15 is 0 Å². The van der Waals surface area contributed by atoms with E-state index in [1.807, 2.05) is 0 Å². The smallest absolute Gasteiger partial charge is 0.462 e. The molecule has 0 rings (SSSR count). The van der Waals surface area contributed by atoms with Crippen molar-refractivity contribution in [1.29, 1.82) is 0 Å². The Morgan fingerprint density at radius 3 is 1.91 bits per heavy atom. The zero-order chi connectivity index (χ0) is 40.1. The third-order valence-electron chi connectivity index (χ3n) is 8.24. The lowest BCUT2D eigenvalue weighted by molar-refractivity contribution is -0.161. The Balaban J connectivity index is 4.57. The molecular formula is C41H72NO11P. The number of rotatable bonds is 36. The lowest BCUT2D eigenvalue weighted by Gasteiger charge is -2.20. The fourth-order valence-electron chi connectivity index (χ4n) is 5.07. The molecule has 6 N–H and O–H groups in total. The van der Waals surface area contributed by atoms with Crippen LogP contribution in [-0.4, -0.2) is 82.9 Å². The number of allylic oxidation sites excluding steroid dienone is 8. The van der Waals surface area contributed by atoms with Gasteiger partial charge in [0.2, 0.25) is 0 Å². The molecule has 1 unspecified atom stereocenters. The second-order valence-electron chi connectivity index (χ2n) is 13.4. The van der Waals surface area contributed by atoms with Gasteiger partial charge in [-0.1, -0.05) is 132 Å². The summed E-state index contributed by atoms with van der Waals surface area (Å²) < 4.78 is 32.4. The first-order valence-corrected chi connectivity index (χ1v) is 21.6.